The Hall–Kier alpha value is -2.53. The minimum absolute atomic E-state index is 0.0414. The van der Waals surface area contributed by atoms with Crippen LogP contribution in [-0.4, -0.2) is 35.4 Å². The average molecular weight is 457 g/mol. The lowest BCUT2D eigenvalue weighted by atomic mass is 10.1. The molecule has 2 aromatic carbocycles. The van der Waals surface area contributed by atoms with Crippen LogP contribution in [0.5, 0.6) is 5.75 Å². The Morgan fingerprint density at radius 1 is 1.16 bits per heavy atom. The summed E-state index contributed by atoms with van der Waals surface area (Å²) in [6.07, 6.45) is 5.24. The maximum atomic E-state index is 13.1. The van der Waals surface area contributed by atoms with E-state index in [0.29, 0.717) is 31.0 Å². The van der Waals surface area contributed by atoms with Gasteiger partial charge in [0.2, 0.25) is 11.8 Å². The number of benzene rings is 2. The van der Waals surface area contributed by atoms with E-state index >= 15 is 0 Å². The maximum absolute atomic E-state index is 13.1. The molecular weight excluding hydrogens is 424 g/mol. The van der Waals surface area contributed by atoms with E-state index in [1.165, 1.54) is 0 Å². The van der Waals surface area contributed by atoms with Crippen LogP contribution in [0.2, 0.25) is 5.02 Å². The van der Waals surface area contributed by atoms with Gasteiger partial charge < -0.3 is 15.0 Å². The molecule has 0 heterocycles. The third-order valence-corrected chi connectivity index (χ3v) is 6.17. The number of aryl methyl sites for hydroxylation is 1. The topological polar surface area (TPSA) is 58.6 Å². The van der Waals surface area contributed by atoms with Crippen molar-refractivity contribution in [3.63, 3.8) is 0 Å². The number of carbonyl (C=O) groups is 2. The standard InChI is InChI=1S/C26H33ClN2O3/c1-19-7-5-8-21(17-19)18-29(20(2)26(31)28-23-9-3-4-10-23)25(30)11-6-16-32-24-14-12-22(27)13-15-24/h5,7-8,12-15,17,20,23H,3-4,6,9-11,16,18H2,1-2H3,(H,28,31)/t20-/m1/s1. The largest absolute Gasteiger partial charge is 0.494 e. The monoisotopic (exact) mass is 456 g/mol. The van der Waals surface area contributed by atoms with Crippen molar-refractivity contribution in [2.24, 2.45) is 0 Å². The fourth-order valence-electron chi connectivity index (χ4n) is 4.07. The number of nitrogens with one attached hydrogen (secondary N) is 1. The van der Waals surface area contributed by atoms with Crippen LogP contribution >= 0.6 is 11.6 Å². The number of ether oxygens (including phenoxy) is 1. The van der Waals surface area contributed by atoms with E-state index in [2.05, 4.69) is 11.4 Å². The lowest BCUT2D eigenvalue weighted by Crippen LogP contribution is -2.49. The Balaban J connectivity index is 1.59. The van der Waals surface area contributed by atoms with Crippen LogP contribution in [0, 0.1) is 6.92 Å². The van der Waals surface area contributed by atoms with Crippen molar-refractivity contribution < 1.29 is 14.3 Å². The zero-order valence-electron chi connectivity index (χ0n) is 19.0. The molecule has 1 fully saturated rings. The summed E-state index contributed by atoms with van der Waals surface area (Å²) < 4.78 is 5.71. The van der Waals surface area contributed by atoms with Crippen LogP contribution in [0.25, 0.3) is 0 Å². The summed E-state index contributed by atoms with van der Waals surface area (Å²) in [6.45, 7) is 4.69. The second-order valence-corrected chi connectivity index (χ2v) is 9.02. The second-order valence-electron chi connectivity index (χ2n) is 8.58. The van der Waals surface area contributed by atoms with Gasteiger partial charge in [-0.15, -0.1) is 0 Å². The first-order chi connectivity index (χ1) is 15.4. The summed E-state index contributed by atoms with van der Waals surface area (Å²) in [5.41, 5.74) is 2.16. The minimum Gasteiger partial charge on any atom is -0.494 e. The highest BCUT2D eigenvalue weighted by atomic mass is 35.5. The molecule has 0 radical (unpaired) electrons. The molecule has 0 spiro atoms. The average Bonchev–Trinajstić information content (AvgIpc) is 3.28. The molecule has 0 saturated heterocycles. The lowest BCUT2D eigenvalue weighted by molar-refractivity contribution is -0.141. The molecule has 0 bridgehead atoms. The Labute approximate surface area is 196 Å². The number of hydrogen-bond donors (Lipinski definition) is 1. The first kappa shape index (κ1) is 24.1. The van der Waals surface area contributed by atoms with Crippen molar-refractivity contribution in [1.29, 1.82) is 0 Å². The van der Waals surface area contributed by atoms with Gasteiger partial charge in [-0.05, 0) is 62.9 Å². The van der Waals surface area contributed by atoms with E-state index in [1.54, 1.807) is 17.0 Å². The van der Waals surface area contributed by atoms with E-state index in [-0.39, 0.29) is 17.9 Å². The van der Waals surface area contributed by atoms with Gasteiger partial charge in [-0.25, -0.2) is 0 Å². The van der Waals surface area contributed by atoms with Gasteiger partial charge in [0, 0.05) is 24.0 Å². The van der Waals surface area contributed by atoms with Gasteiger partial charge in [-0.2, -0.15) is 0 Å². The van der Waals surface area contributed by atoms with E-state index < -0.39 is 6.04 Å². The molecule has 2 amide bonds. The SMILES string of the molecule is Cc1cccc(CN(C(=O)CCCOc2ccc(Cl)cc2)[C@H](C)C(=O)NC2CCCC2)c1. The molecule has 3 rings (SSSR count). The molecule has 1 aliphatic carbocycles. The number of nitrogens with zero attached hydrogens (tertiary/aromatic N) is 1. The summed E-state index contributed by atoms with van der Waals surface area (Å²) in [6, 6.07) is 14.9. The zero-order chi connectivity index (χ0) is 22.9. The van der Waals surface area contributed by atoms with Crippen molar-refractivity contribution in [1.82, 2.24) is 10.2 Å². The smallest absolute Gasteiger partial charge is 0.242 e. The molecule has 32 heavy (non-hydrogen) atoms. The Morgan fingerprint density at radius 3 is 2.56 bits per heavy atom. The van der Waals surface area contributed by atoms with Gasteiger partial charge in [-0.1, -0.05) is 54.3 Å². The highest BCUT2D eigenvalue weighted by Gasteiger charge is 2.28. The number of halogens is 1. The molecule has 6 heteroatoms. The quantitative estimate of drug-likeness (QED) is 0.494. The minimum atomic E-state index is -0.527. The summed E-state index contributed by atoms with van der Waals surface area (Å²) in [5.74, 6) is 0.610. The number of carbonyl (C=O) groups excluding carboxylic acids is 2. The van der Waals surface area contributed by atoms with Gasteiger partial charge >= 0.3 is 0 Å². The van der Waals surface area contributed by atoms with E-state index in [9.17, 15) is 9.59 Å². The first-order valence-electron chi connectivity index (χ1n) is 11.5. The van der Waals surface area contributed by atoms with Crippen molar-refractivity contribution in [2.45, 2.75) is 71.0 Å². The number of rotatable bonds is 10. The highest BCUT2D eigenvalue weighted by Crippen LogP contribution is 2.19. The third-order valence-electron chi connectivity index (χ3n) is 5.92. The molecule has 0 aromatic heterocycles. The predicted molar refractivity (Wildman–Crippen MR) is 128 cm³/mol. The molecule has 1 N–H and O–H groups in total. The van der Waals surface area contributed by atoms with E-state index in [4.69, 9.17) is 16.3 Å². The molecule has 1 aliphatic rings. The highest BCUT2D eigenvalue weighted by molar-refractivity contribution is 6.30. The summed E-state index contributed by atoms with van der Waals surface area (Å²) in [7, 11) is 0. The van der Waals surface area contributed by atoms with Gasteiger partial charge in [0.15, 0.2) is 0 Å². The first-order valence-corrected chi connectivity index (χ1v) is 11.8. The summed E-state index contributed by atoms with van der Waals surface area (Å²) >= 11 is 5.90. The van der Waals surface area contributed by atoms with E-state index in [1.807, 2.05) is 44.2 Å². The molecule has 2 aromatic rings. The molecular formula is C26H33ClN2O3. The summed E-state index contributed by atoms with van der Waals surface area (Å²) in [4.78, 5) is 27.7. The molecule has 0 unspecified atom stereocenters. The maximum Gasteiger partial charge on any atom is 0.242 e. The van der Waals surface area contributed by atoms with Crippen molar-refractivity contribution in [3.8, 4) is 5.75 Å². The normalized spacial score (nSPS) is 14.7. The zero-order valence-corrected chi connectivity index (χ0v) is 19.7. The molecule has 172 valence electrons. The molecule has 5 nitrogen and oxygen atoms in total. The van der Waals surface area contributed by atoms with Crippen molar-refractivity contribution in [3.05, 3.63) is 64.7 Å². The Bertz CT molecular complexity index is 894. The molecule has 1 atom stereocenters. The summed E-state index contributed by atoms with van der Waals surface area (Å²) in [5, 5.41) is 3.79. The molecule has 1 saturated carbocycles. The van der Waals surface area contributed by atoms with E-state index in [0.717, 1.165) is 42.6 Å². The van der Waals surface area contributed by atoms with Gasteiger partial charge in [0.1, 0.15) is 11.8 Å². The van der Waals surface area contributed by atoms with Gasteiger partial charge in [0.25, 0.3) is 0 Å². The lowest BCUT2D eigenvalue weighted by Gasteiger charge is -2.30. The second kappa shape index (κ2) is 11.9. The van der Waals surface area contributed by atoms with Crippen molar-refractivity contribution >= 4 is 23.4 Å². The Morgan fingerprint density at radius 2 is 1.88 bits per heavy atom. The fraction of sp³-hybridized carbons (Fsp3) is 0.462. The van der Waals surface area contributed by atoms with Crippen LogP contribution in [0.15, 0.2) is 48.5 Å². The van der Waals surface area contributed by atoms with Crippen molar-refractivity contribution in [2.75, 3.05) is 6.61 Å². The third kappa shape index (κ3) is 7.27. The molecule has 0 aliphatic heterocycles. The van der Waals surface area contributed by atoms with Crippen LogP contribution in [0.1, 0.15) is 56.6 Å². The predicted octanol–water partition coefficient (Wildman–Crippen LogP) is 5.28. The van der Waals surface area contributed by atoms with Crippen LogP contribution in [0.3, 0.4) is 0 Å². The van der Waals surface area contributed by atoms with Gasteiger partial charge in [-0.3, -0.25) is 9.59 Å². The number of amides is 2. The van der Waals surface area contributed by atoms with Gasteiger partial charge in [0.05, 0.1) is 6.61 Å². The fourth-order valence-corrected chi connectivity index (χ4v) is 4.20. The number of hydrogen-bond acceptors (Lipinski definition) is 3. The Kier molecular flexibility index (Phi) is 8.98. The van der Waals surface area contributed by atoms with Crippen LogP contribution in [0.4, 0.5) is 0 Å². The van der Waals surface area contributed by atoms with Crippen LogP contribution < -0.4 is 10.1 Å². The van der Waals surface area contributed by atoms with Crippen LogP contribution in [-0.2, 0) is 16.1 Å².